The van der Waals surface area contributed by atoms with Gasteiger partial charge in [0.25, 0.3) is 0 Å². The number of nitrogens with two attached hydrogens (primary N) is 1. The van der Waals surface area contributed by atoms with Crippen LogP contribution in [0.3, 0.4) is 0 Å². The van der Waals surface area contributed by atoms with Crippen molar-refractivity contribution in [3.05, 3.63) is 53.6 Å². The normalized spacial score (nSPS) is 12.5. The molecule has 0 aliphatic carbocycles. The van der Waals surface area contributed by atoms with E-state index in [1.165, 1.54) is 5.56 Å². The number of hydrogen-bond donors (Lipinski definition) is 3. The van der Waals surface area contributed by atoms with Crippen molar-refractivity contribution < 1.29 is 10.2 Å². The number of benzene rings is 3. The number of phenols is 2. The number of hydrogen-bond acceptors (Lipinski definition) is 3. The molecule has 0 aromatic heterocycles. The van der Waals surface area contributed by atoms with Crippen LogP contribution >= 0.6 is 0 Å². The standard InChI is InChI=1S/C26H33NO2/c1-7-25(3,4)17-12-19(16-9-10-23(28)22(27)11-16)20-13-18(26(5,6)8-2)15-24(29)21(20)14-17/h9-15,28-29H,7-8,27H2,1-6H3. The first-order chi connectivity index (χ1) is 13.5. The van der Waals surface area contributed by atoms with Crippen LogP contribution in [-0.4, -0.2) is 10.2 Å². The van der Waals surface area contributed by atoms with Crippen molar-refractivity contribution in [1.29, 1.82) is 0 Å². The minimum absolute atomic E-state index is 0.0286. The van der Waals surface area contributed by atoms with Crippen LogP contribution in [0.5, 0.6) is 11.5 Å². The van der Waals surface area contributed by atoms with Gasteiger partial charge in [-0.1, -0.05) is 47.6 Å². The molecule has 0 aliphatic heterocycles. The van der Waals surface area contributed by atoms with Crippen LogP contribution in [0.2, 0.25) is 0 Å². The Morgan fingerprint density at radius 1 is 0.724 bits per heavy atom. The summed E-state index contributed by atoms with van der Waals surface area (Å²) in [5.41, 5.74) is 10.5. The van der Waals surface area contributed by atoms with Crippen LogP contribution in [0.4, 0.5) is 5.69 Å². The van der Waals surface area contributed by atoms with Gasteiger partial charge in [-0.05, 0) is 87.7 Å². The third kappa shape index (κ3) is 3.78. The monoisotopic (exact) mass is 391 g/mol. The number of rotatable bonds is 5. The fourth-order valence-corrected chi connectivity index (χ4v) is 3.59. The first-order valence-corrected chi connectivity index (χ1v) is 10.4. The van der Waals surface area contributed by atoms with Crippen molar-refractivity contribution in [3.63, 3.8) is 0 Å². The number of fused-ring (bicyclic) bond motifs is 1. The fourth-order valence-electron chi connectivity index (χ4n) is 3.59. The van der Waals surface area contributed by atoms with Crippen LogP contribution in [0.25, 0.3) is 21.9 Å². The molecule has 0 atom stereocenters. The quantitative estimate of drug-likeness (QED) is 0.328. The number of aromatic hydroxyl groups is 2. The minimum Gasteiger partial charge on any atom is -0.507 e. The van der Waals surface area contributed by atoms with Crippen molar-refractivity contribution in [2.75, 3.05) is 5.73 Å². The lowest BCUT2D eigenvalue weighted by Crippen LogP contribution is -2.16. The highest BCUT2D eigenvalue weighted by Gasteiger charge is 2.24. The predicted octanol–water partition coefficient (Wildman–Crippen LogP) is 6.88. The van der Waals surface area contributed by atoms with E-state index in [0.717, 1.165) is 40.3 Å². The van der Waals surface area contributed by atoms with Crippen LogP contribution in [0.1, 0.15) is 65.5 Å². The first-order valence-electron chi connectivity index (χ1n) is 10.4. The Balaban J connectivity index is 2.42. The highest BCUT2D eigenvalue weighted by molar-refractivity contribution is 6.01. The van der Waals surface area contributed by atoms with Gasteiger partial charge in [-0.15, -0.1) is 0 Å². The number of nitrogen functional groups attached to an aromatic ring is 1. The summed E-state index contributed by atoms with van der Waals surface area (Å²) in [6, 6.07) is 13.8. The molecule has 0 saturated carbocycles. The molecule has 0 spiro atoms. The van der Waals surface area contributed by atoms with Gasteiger partial charge in [-0.25, -0.2) is 0 Å². The van der Waals surface area contributed by atoms with Gasteiger partial charge in [0.1, 0.15) is 11.5 Å². The van der Waals surface area contributed by atoms with Gasteiger partial charge in [0, 0.05) is 5.39 Å². The molecular formula is C26H33NO2. The summed E-state index contributed by atoms with van der Waals surface area (Å²) in [5.74, 6) is 0.388. The Bertz CT molecular complexity index is 1060. The molecule has 0 amide bonds. The number of anilines is 1. The summed E-state index contributed by atoms with van der Waals surface area (Å²) in [6.45, 7) is 13.2. The van der Waals surface area contributed by atoms with Gasteiger partial charge >= 0.3 is 0 Å². The van der Waals surface area contributed by atoms with Crippen LogP contribution in [0.15, 0.2) is 42.5 Å². The molecule has 3 heteroatoms. The number of phenolic OH excluding ortho intramolecular Hbond substituents is 2. The third-order valence-corrected chi connectivity index (χ3v) is 6.72. The molecule has 0 aliphatic rings. The minimum atomic E-state index is -0.0434. The van der Waals surface area contributed by atoms with E-state index in [2.05, 4.69) is 59.7 Å². The zero-order chi connectivity index (χ0) is 21.6. The zero-order valence-electron chi connectivity index (χ0n) is 18.4. The molecule has 0 fully saturated rings. The summed E-state index contributed by atoms with van der Waals surface area (Å²) < 4.78 is 0. The molecule has 4 N–H and O–H groups in total. The molecule has 0 unspecified atom stereocenters. The Morgan fingerprint density at radius 3 is 1.83 bits per heavy atom. The SMILES string of the molecule is CCC(C)(C)c1cc(-c2ccc(O)c(N)c2)c2cc(C(C)(C)CC)cc(O)c2c1. The fraction of sp³-hybridized carbons (Fsp3) is 0.385. The average Bonchev–Trinajstić information content (AvgIpc) is 2.69. The maximum absolute atomic E-state index is 11.0. The molecule has 0 bridgehead atoms. The van der Waals surface area contributed by atoms with E-state index in [0.29, 0.717) is 11.4 Å². The van der Waals surface area contributed by atoms with Gasteiger partial charge < -0.3 is 15.9 Å². The Morgan fingerprint density at radius 2 is 1.28 bits per heavy atom. The summed E-state index contributed by atoms with van der Waals surface area (Å²) in [7, 11) is 0. The molecule has 0 radical (unpaired) electrons. The summed E-state index contributed by atoms with van der Waals surface area (Å²) in [6.07, 6.45) is 1.96. The molecule has 3 aromatic carbocycles. The van der Waals surface area contributed by atoms with Crippen molar-refractivity contribution >= 4 is 16.5 Å². The molecular weight excluding hydrogens is 358 g/mol. The highest BCUT2D eigenvalue weighted by atomic mass is 16.3. The topological polar surface area (TPSA) is 66.5 Å². The second-order valence-electron chi connectivity index (χ2n) is 9.36. The maximum atomic E-state index is 11.0. The molecule has 0 saturated heterocycles. The van der Waals surface area contributed by atoms with Gasteiger partial charge in [0.2, 0.25) is 0 Å². The molecule has 3 nitrogen and oxygen atoms in total. The molecule has 154 valence electrons. The largest absolute Gasteiger partial charge is 0.507 e. The second kappa shape index (κ2) is 7.29. The average molecular weight is 392 g/mol. The third-order valence-electron chi connectivity index (χ3n) is 6.72. The highest BCUT2D eigenvalue weighted by Crippen LogP contribution is 2.42. The van der Waals surface area contributed by atoms with Gasteiger partial charge in [-0.2, -0.15) is 0 Å². The molecule has 3 aromatic rings. The Hall–Kier alpha value is -2.68. The van der Waals surface area contributed by atoms with E-state index >= 15 is 0 Å². The summed E-state index contributed by atoms with van der Waals surface area (Å²) >= 11 is 0. The van der Waals surface area contributed by atoms with Gasteiger partial charge in [-0.3, -0.25) is 0 Å². The molecule has 3 rings (SSSR count). The molecule has 29 heavy (non-hydrogen) atoms. The summed E-state index contributed by atoms with van der Waals surface area (Å²) in [4.78, 5) is 0. The van der Waals surface area contributed by atoms with E-state index in [9.17, 15) is 10.2 Å². The first kappa shape index (κ1) is 21.0. The van der Waals surface area contributed by atoms with E-state index in [-0.39, 0.29) is 16.6 Å². The van der Waals surface area contributed by atoms with Crippen molar-refractivity contribution in [2.45, 2.75) is 65.2 Å². The van der Waals surface area contributed by atoms with Crippen molar-refractivity contribution in [2.24, 2.45) is 0 Å². The van der Waals surface area contributed by atoms with Crippen LogP contribution < -0.4 is 5.73 Å². The zero-order valence-corrected chi connectivity index (χ0v) is 18.4. The van der Waals surface area contributed by atoms with Crippen molar-refractivity contribution in [3.8, 4) is 22.6 Å². The smallest absolute Gasteiger partial charge is 0.138 e. The van der Waals surface area contributed by atoms with Gasteiger partial charge in [0.15, 0.2) is 0 Å². The van der Waals surface area contributed by atoms with Crippen LogP contribution in [-0.2, 0) is 10.8 Å². The Labute approximate surface area is 174 Å². The second-order valence-corrected chi connectivity index (χ2v) is 9.36. The molecule has 0 heterocycles. The van der Waals surface area contributed by atoms with Crippen molar-refractivity contribution in [1.82, 2.24) is 0 Å². The lowest BCUT2D eigenvalue weighted by atomic mass is 9.77. The Kier molecular flexibility index (Phi) is 5.29. The van der Waals surface area contributed by atoms with E-state index < -0.39 is 0 Å². The van der Waals surface area contributed by atoms with E-state index in [4.69, 9.17) is 5.73 Å². The van der Waals surface area contributed by atoms with Gasteiger partial charge in [0.05, 0.1) is 5.69 Å². The lowest BCUT2D eigenvalue weighted by Gasteiger charge is -2.27. The van der Waals surface area contributed by atoms with E-state index in [1.807, 2.05) is 18.2 Å². The van der Waals surface area contributed by atoms with E-state index in [1.54, 1.807) is 6.07 Å². The predicted molar refractivity (Wildman–Crippen MR) is 124 cm³/mol. The van der Waals surface area contributed by atoms with Crippen LogP contribution in [0, 0.1) is 0 Å². The maximum Gasteiger partial charge on any atom is 0.138 e. The summed E-state index contributed by atoms with van der Waals surface area (Å²) in [5, 5.41) is 22.7. The lowest BCUT2D eigenvalue weighted by molar-refractivity contribution is 0.469.